The van der Waals surface area contributed by atoms with Crippen LogP contribution in [0.5, 0.6) is 0 Å². The Morgan fingerprint density at radius 3 is 3.06 bits per heavy atom. The molecule has 0 aromatic carbocycles. The molecular weight excluding hydrogens is 220 g/mol. The molecule has 0 saturated carbocycles. The summed E-state index contributed by atoms with van der Waals surface area (Å²) in [6, 6.07) is 0.399. The zero-order valence-electron chi connectivity index (χ0n) is 10.2. The number of rotatable bonds is 4. The van der Waals surface area contributed by atoms with Crippen molar-refractivity contribution in [2.75, 3.05) is 13.7 Å². The third-order valence-corrected chi connectivity index (χ3v) is 4.49. The van der Waals surface area contributed by atoms with E-state index in [0.29, 0.717) is 12.1 Å². The van der Waals surface area contributed by atoms with E-state index in [2.05, 4.69) is 24.1 Å². The third kappa shape index (κ3) is 2.62. The van der Waals surface area contributed by atoms with Gasteiger partial charge in [-0.3, -0.25) is 0 Å². The fourth-order valence-corrected chi connectivity index (χ4v) is 3.28. The monoisotopic (exact) mass is 240 g/mol. The van der Waals surface area contributed by atoms with Crippen LogP contribution in [0.15, 0.2) is 0 Å². The van der Waals surface area contributed by atoms with E-state index in [9.17, 15) is 0 Å². The van der Waals surface area contributed by atoms with Gasteiger partial charge in [-0.05, 0) is 33.7 Å². The Bertz CT molecular complexity index is 345. The van der Waals surface area contributed by atoms with Crippen molar-refractivity contribution in [1.29, 1.82) is 0 Å². The van der Waals surface area contributed by atoms with Crippen molar-refractivity contribution < 1.29 is 4.74 Å². The van der Waals surface area contributed by atoms with E-state index < -0.39 is 0 Å². The van der Waals surface area contributed by atoms with Gasteiger partial charge in [-0.1, -0.05) is 0 Å². The van der Waals surface area contributed by atoms with E-state index >= 15 is 0 Å². The number of thiazole rings is 1. The average molecular weight is 240 g/mol. The molecule has 4 heteroatoms. The van der Waals surface area contributed by atoms with E-state index in [4.69, 9.17) is 4.74 Å². The summed E-state index contributed by atoms with van der Waals surface area (Å²) in [5.74, 6) is 0. The van der Waals surface area contributed by atoms with Crippen molar-refractivity contribution in [2.24, 2.45) is 0 Å². The van der Waals surface area contributed by atoms with Gasteiger partial charge in [0, 0.05) is 23.9 Å². The maximum Gasteiger partial charge on any atom is 0.0957 e. The standard InChI is InChI=1S/C12H20N2OS/c1-8(13-3)12-9(2)14-11(16-12)7-10-5-4-6-15-10/h8,10,13H,4-7H2,1-3H3. The number of nitrogens with one attached hydrogen (secondary N) is 1. The van der Waals surface area contributed by atoms with Gasteiger partial charge in [-0.25, -0.2) is 4.98 Å². The third-order valence-electron chi connectivity index (χ3n) is 3.13. The highest BCUT2D eigenvalue weighted by atomic mass is 32.1. The molecular formula is C12H20N2OS. The minimum atomic E-state index is 0.399. The minimum Gasteiger partial charge on any atom is -0.378 e. The fraction of sp³-hybridized carbons (Fsp3) is 0.750. The van der Waals surface area contributed by atoms with Gasteiger partial charge in [0.1, 0.15) is 0 Å². The molecule has 1 aromatic heterocycles. The van der Waals surface area contributed by atoms with Gasteiger partial charge in [-0.2, -0.15) is 0 Å². The zero-order chi connectivity index (χ0) is 11.5. The Morgan fingerprint density at radius 2 is 2.44 bits per heavy atom. The molecule has 0 aliphatic carbocycles. The summed E-state index contributed by atoms with van der Waals surface area (Å²) < 4.78 is 5.64. The van der Waals surface area contributed by atoms with Crippen LogP contribution < -0.4 is 5.32 Å². The number of aromatic nitrogens is 1. The van der Waals surface area contributed by atoms with Gasteiger partial charge in [0.25, 0.3) is 0 Å². The molecule has 3 nitrogen and oxygen atoms in total. The van der Waals surface area contributed by atoms with Crippen LogP contribution in [0.3, 0.4) is 0 Å². The van der Waals surface area contributed by atoms with E-state index in [-0.39, 0.29) is 0 Å². The molecule has 2 atom stereocenters. The first kappa shape index (κ1) is 12.0. The fourth-order valence-electron chi connectivity index (χ4n) is 2.09. The molecule has 1 fully saturated rings. The van der Waals surface area contributed by atoms with Gasteiger partial charge >= 0.3 is 0 Å². The Balaban J connectivity index is 2.04. The van der Waals surface area contributed by atoms with Crippen LogP contribution in [0.4, 0.5) is 0 Å². The number of ether oxygens (including phenoxy) is 1. The highest BCUT2D eigenvalue weighted by Gasteiger charge is 2.19. The molecule has 1 aliphatic rings. The molecule has 1 aromatic rings. The zero-order valence-corrected chi connectivity index (χ0v) is 11.1. The molecule has 16 heavy (non-hydrogen) atoms. The van der Waals surface area contributed by atoms with Gasteiger partial charge < -0.3 is 10.1 Å². The summed E-state index contributed by atoms with van der Waals surface area (Å²) in [4.78, 5) is 6.00. The first-order valence-corrected chi connectivity index (χ1v) is 6.77. The molecule has 0 spiro atoms. The highest BCUT2D eigenvalue weighted by molar-refractivity contribution is 7.11. The van der Waals surface area contributed by atoms with Crippen molar-refractivity contribution in [3.8, 4) is 0 Å². The molecule has 1 saturated heterocycles. The summed E-state index contributed by atoms with van der Waals surface area (Å²) >= 11 is 1.83. The van der Waals surface area contributed by atoms with Crippen LogP contribution in [0.1, 0.15) is 41.4 Å². The summed E-state index contributed by atoms with van der Waals surface area (Å²) in [6.07, 6.45) is 3.79. The van der Waals surface area contributed by atoms with Crippen LogP contribution in [0.25, 0.3) is 0 Å². The summed E-state index contributed by atoms with van der Waals surface area (Å²) in [6.45, 7) is 5.20. The minimum absolute atomic E-state index is 0.399. The first-order chi connectivity index (χ1) is 7.70. The largest absolute Gasteiger partial charge is 0.378 e. The lowest BCUT2D eigenvalue weighted by molar-refractivity contribution is 0.111. The summed E-state index contributed by atoms with van der Waals surface area (Å²) in [5, 5.41) is 4.49. The second-order valence-corrected chi connectivity index (χ2v) is 5.52. The average Bonchev–Trinajstić information content (AvgIpc) is 2.88. The lowest BCUT2D eigenvalue weighted by Gasteiger charge is -2.07. The maximum absolute atomic E-state index is 5.64. The normalized spacial score (nSPS) is 22.6. The molecule has 2 rings (SSSR count). The summed E-state index contributed by atoms with van der Waals surface area (Å²) in [7, 11) is 1.99. The smallest absolute Gasteiger partial charge is 0.0957 e. The lowest BCUT2D eigenvalue weighted by atomic mass is 10.2. The van der Waals surface area contributed by atoms with Crippen LogP contribution in [0, 0.1) is 6.92 Å². The lowest BCUT2D eigenvalue weighted by Crippen LogP contribution is -2.11. The van der Waals surface area contributed by atoms with E-state index in [1.54, 1.807) is 0 Å². The van der Waals surface area contributed by atoms with E-state index in [0.717, 1.165) is 13.0 Å². The van der Waals surface area contributed by atoms with Gasteiger partial charge in [0.05, 0.1) is 16.8 Å². The SMILES string of the molecule is CNC(C)c1sc(CC2CCCO2)nc1C. The molecule has 0 amide bonds. The Morgan fingerprint density at radius 1 is 1.62 bits per heavy atom. The van der Waals surface area contributed by atoms with Crippen molar-refractivity contribution in [2.45, 2.75) is 45.3 Å². The van der Waals surface area contributed by atoms with Gasteiger partial charge in [0.2, 0.25) is 0 Å². The Kier molecular flexibility index (Phi) is 3.95. The van der Waals surface area contributed by atoms with Crippen molar-refractivity contribution in [3.63, 3.8) is 0 Å². The second kappa shape index (κ2) is 5.25. The molecule has 0 bridgehead atoms. The number of nitrogens with zero attached hydrogens (tertiary/aromatic N) is 1. The molecule has 0 radical (unpaired) electrons. The van der Waals surface area contributed by atoms with Crippen LogP contribution in [0.2, 0.25) is 0 Å². The predicted molar refractivity (Wildman–Crippen MR) is 67.0 cm³/mol. The molecule has 2 unspecified atom stereocenters. The summed E-state index contributed by atoms with van der Waals surface area (Å²) in [5.41, 5.74) is 1.17. The van der Waals surface area contributed by atoms with Crippen LogP contribution in [-0.2, 0) is 11.2 Å². The number of hydrogen-bond acceptors (Lipinski definition) is 4. The second-order valence-electron chi connectivity index (χ2n) is 4.41. The maximum atomic E-state index is 5.64. The van der Waals surface area contributed by atoms with Gasteiger partial charge in [0.15, 0.2) is 0 Å². The molecule has 90 valence electrons. The topological polar surface area (TPSA) is 34.1 Å². The van der Waals surface area contributed by atoms with Crippen LogP contribution >= 0.6 is 11.3 Å². The van der Waals surface area contributed by atoms with Gasteiger partial charge in [-0.15, -0.1) is 11.3 Å². The predicted octanol–water partition coefficient (Wildman–Crippen LogP) is 2.45. The van der Waals surface area contributed by atoms with Crippen molar-refractivity contribution >= 4 is 11.3 Å². The quantitative estimate of drug-likeness (QED) is 0.878. The Labute approximate surface area is 101 Å². The van der Waals surface area contributed by atoms with E-state index in [1.165, 1.54) is 28.4 Å². The van der Waals surface area contributed by atoms with E-state index in [1.807, 2.05) is 18.4 Å². The van der Waals surface area contributed by atoms with Crippen LogP contribution in [-0.4, -0.2) is 24.7 Å². The van der Waals surface area contributed by atoms with Crippen molar-refractivity contribution in [1.82, 2.24) is 10.3 Å². The number of aryl methyl sites for hydroxylation is 1. The Hall–Kier alpha value is -0.450. The number of hydrogen-bond donors (Lipinski definition) is 1. The molecule has 2 heterocycles. The van der Waals surface area contributed by atoms with Crippen molar-refractivity contribution in [3.05, 3.63) is 15.6 Å². The molecule has 1 aliphatic heterocycles. The first-order valence-electron chi connectivity index (χ1n) is 5.95. The molecule has 1 N–H and O–H groups in total. The highest BCUT2D eigenvalue weighted by Crippen LogP contribution is 2.27.